The highest BCUT2D eigenvalue weighted by Crippen LogP contribution is 2.44. The summed E-state index contributed by atoms with van der Waals surface area (Å²) in [6, 6.07) is 0. The molecule has 2 rings (SSSR count). The van der Waals surface area contributed by atoms with Crippen LogP contribution in [0.3, 0.4) is 0 Å². The molecule has 0 aromatic heterocycles. The summed E-state index contributed by atoms with van der Waals surface area (Å²) in [4.78, 5) is 11.3. The summed E-state index contributed by atoms with van der Waals surface area (Å²) in [6.45, 7) is 6.74. The highest BCUT2D eigenvalue weighted by atomic mass is 16.4. The van der Waals surface area contributed by atoms with Crippen LogP contribution in [0.4, 0.5) is 0 Å². The Morgan fingerprint density at radius 2 is 2.06 bits per heavy atom. The third-order valence-electron chi connectivity index (χ3n) is 4.50. The van der Waals surface area contributed by atoms with Crippen molar-refractivity contribution in [3.63, 3.8) is 0 Å². The van der Waals surface area contributed by atoms with Crippen molar-refractivity contribution in [3.05, 3.63) is 23.3 Å². The van der Waals surface area contributed by atoms with Crippen molar-refractivity contribution in [1.82, 2.24) is 0 Å². The minimum atomic E-state index is -0.738. The van der Waals surface area contributed by atoms with Gasteiger partial charge in [0.05, 0.1) is 0 Å². The Hall–Kier alpha value is -1.05. The van der Waals surface area contributed by atoms with Gasteiger partial charge >= 0.3 is 5.97 Å². The van der Waals surface area contributed by atoms with E-state index in [1.165, 1.54) is 18.4 Å². The van der Waals surface area contributed by atoms with E-state index in [-0.39, 0.29) is 5.92 Å². The predicted molar refractivity (Wildman–Crippen MR) is 68.6 cm³/mol. The van der Waals surface area contributed by atoms with Crippen LogP contribution in [0.5, 0.6) is 0 Å². The summed E-state index contributed by atoms with van der Waals surface area (Å²) in [7, 11) is 0. The minimum absolute atomic E-state index is 0.178. The maximum absolute atomic E-state index is 11.3. The lowest BCUT2D eigenvalue weighted by Gasteiger charge is -2.23. The summed E-state index contributed by atoms with van der Waals surface area (Å²) in [5, 5.41) is 9.25. The number of aliphatic carboxylic acids is 1. The molecule has 0 unspecified atom stereocenters. The molecule has 0 saturated heterocycles. The molecule has 1 fully saturated rings. The summed E-state index contributed by atoms with van der Waals surface area (Å²) >= 11 is 0. The summed E-state index contributed by atoms with van der Waals surface area (Å²) in [6.07, 6.45) is 7.33. The summed E-state index contributed by atoms with van der Waals surface area (Å²) in [5.41, 5.74) is 1.96. The van der Waals surface area contributed by atoms with E-state index in [4.69, 9.17) is 0 Å². The van der Waals surface area contributed by atoms with Crippen LogP contribution in [-0.4, -0.2) is 11.1 Å². The monoisotopic (exact) mass is 234 g/mol. The zero-order chi connectivity index (χ0) is 12.6. The molecule has 1 saturated carbocycles. The van der Waals surface area contributed by atoms with Gasteiger partial charge in [0.2, 0.25) is 0 Å². The van der Waals surface area contributed by atoms with E-state index in [9.17, 15) is 9.90 Å². The number of carboxylic acid groups (broad SMARTS) is 1. The van der Waals surface area contributed by atoms with Gasteiger partial charge in [0.15, 0.2) is 0 Å². The van der Waals surface area contributed by atoms with Gasteiger partial charge in [0.25, 0.3) is 0 Å². The zero-order valence-corrected chi connectivity index (χ0v) is 10.9. The van der Waals surface area contributed by atoms with Gasteiger partial charge in [-0.05, 0) is 37.0 Å². The molecule has 2 aliphatic carbocycles. The molecule has 17 heavy (non-hydrogen) atoms. The molecule has 0 aliphatic heterocycles. The number of hydrogen-bond donors (Lipinski definition) is 1. The second-order valence-electron chi connectivity index (χ2n) is 5.86. The number of fused-ring (bicyclic) bond motifs is 1. The fourth-order valence-corrected chi connectivity index (χ4v) is 3.25. The fourth-order valence-electron chi connectivity index (χ4n) is 3.25. The van der Waals surface area contributed by atoms with Crippen molar-refractivity contribution < 1.29 is 9.90 Å². The standard InChI is InChI=1S/C15H22O2/c1-9(2)11-5-4-10(3)12-6-7-13(15(16)17)14(12)8-11/h6-7,9-11,14H,4-5,8H2,1-3H3,(H,16,17)/t10-,11-,14+/m0/s1. The third kappa shape index (κ3) is 2.31. The Morgan fingerprint density at radius 3 is 2.65 bits per heavy atom. The lowest BCUT2D eigenvalue weighted by molar-refractivity contribution is -0.133. The van der Waals surface area contributed by atoms with Crippen LogP contribution in [-0.2, 0) is 4.79 Å². The first kappa shape index (κ1) is 12.4. The normalized spacial score (nSPS) is 32.8. The molecule has 1 N–H and O–H groups in total. The van der Waals surface area contributed by atoms with E-state index < -0.39 is 5.97 Å². The third-order valence-corrected chi connectivity index (χ3v) is 4.50. The highest BCUT2D eigenvalue weighted by molar-refractivity contribution is 5.89. The average Bonchev–Trinajstić information content (AvgIpc) is 2.60. The summed E-state index contributed by atoms with van der Waals surface area (Å²) < 4.78 is 0. The maximum atomic E-state index is 11.3. The molecule has 3 atom stereocenters. The molecule has 0 amide bonds. The van der Waals surface area contributed by atoms with E-state index in [1.807, 2.05) is 6.08 Å². The molecule has 0 bridgehead atoms. The topological polar surface area (TPSA) is 37.3 Å². The van der Waals surface area contributed by atoms with Crippen molar-refractivity contribution in [1.29, 1.82) is 0 Å². The largest absolute Gasteiger partial charge is 0.478 e. The second kappa shape index (κ2) is 4.67. The van der Waals surface area contributed by atoms with Gasteiger partial charge in [0, 0.05) is 11.5 Å². The zero-order valence-electron chi connectivity index (χ0n) is 10.9. The number of allylic oxidation sites excluding steroid dienone is 3. The first-order chi connectivity index (χ1) is 8.00. The molecule has 2 heteroatoms. The molecular weight excluding hydrogens is 212 g/mol. The van der Waals surface area contributed by atoms with Gasteiger partial charge in [-0.15, -0.1) is 0 Å². The summed E-state index contributed by atoms with van der Waals surface area (Å²) in [5.74, 6) is 1.29. The molecule has 94 valence electrons. The Balaban J connectivity index is 2.24. The van der Waals surface area contributed by atoms with Crippen molar-refractivity contribution in [3.8, 4) is 0 Å². The average molecular weight is 234 g/mol. The van der Waals surface area contributed by atoms with E-state index in [0.717, 1.165) is 6.42 Å². The molecular formula is C15H22O2. The maximum Gasteiger partial charge on any atom is 0.332 e. The Bertz CT molecular complexity index is 376. The molecule has 0 heterocycles. The van der Waals surface area contributed by atoms with Crippen LogP contribution < -0.4 is 0 Å². The van der Waals surface area contributed by atoms with E-state index in [0.29, 0.717) is 23.3 Å². The van der Waals surface area contributed by atoms with E-state index in [1.54, 1.807) is 0 Å². The molecule has 0 radical (unpaired) electrons. The van der Waals surface area contributed by atoms with Crippen LogP contribution >= 0.6 is 0 Å². The van der Waals surface area contributed by atoms with Gasteiger partial charge in [0.1, 0.15) is 0 Å². The van der Waals surface area contributed by atoms with E-state index in [2.05, 4.69) is 26.8 Å². The van der Waals surface area contributed by atoms with Gasteiger partial charge in [-0.25, -0.2) is 4.79 Å². The van der Waals surface area contributed by atoms with Gasteiger partial charge in [-0.3, -0.25) is 0 Å². The number of carboxylic acids is 1. The van der Waals surface area contributed by atoms with Gasteiger partial charge in [-0.2, -0.15) is 0 Å². The Kier molecular flexibility index (Phi) is 3.41. The Labute approximate surface area is 103 Å². The predicted octanol–water partition coefficient (Wildman–Crippen LogP) is 3.65. The van der Waals surface area contributed by atoms with Crippen LogP contribution in [0.2, 0.25) is 0 Å². The lowest BCUT2D eigenvalue weighted by Crippen LogP contribution is -2.17. The first-order valence-electron chi connectivity index (χ1n) is 6.65. The van der Waals surface area contributed by atoms with Crippen LogP contribution in [0.25, 0.3) is 0 Å². The van der Waals surface area contributed by atoms with Gasteiger partial charge in [-0.1, -0.05) is 38.5 Å². The van der Waals surface area contributed by atoms with Gasteiger partial charge < -0.3 is 5.11 Å². The lowest BCUT2D eigenvalue weighted by atomic mass is 9.81. The van der Waals surface area contributed by atoms with Crippen molar-refractivity contribution in [2.45, 2.75) is 40.0 Å². The Morgan fingerprint density at radius 1 is 1.35 bits per heavy atom. The second-order valence-corrected chi connectivity index (χ2v) is 5.86. The first-order valence-corrected chi connectivity index (χ1v) is 6.65. The molecule has 0 spiro atoms. The quantitative estimate of drug-likeness (QED) is 0.792. The van der Waals surface area contributed by atoms with Crippen LogP contribution in [0.1, 0.15) is 40.0 Å². The van der Waals surface area contributed by atoms with E-state index >= 15 is 0 Å². The molecule has 0 aromatic rings. The number of carbonyl (C=O) groups is 1. The fraction of sp³-hybridized carbons (Fsp3) is 0.667. The van der Waals surface area contributed by atoms with Crippen molar-refractivity contribution in [2.75, 3.05) is 0 Å². The van der Waals surface area contributed by atoms with Crippen molar-refractivity contribution in [2.24, 2.45) is 23.7 Å². The van der Waals surface area contributed by atoms with Crippen molar-refractivity contribution >= 4 is 5.97 Å². The smallest absolute Gasteiger partial charge is 0.332 e. The molecule has 0 aromatic carbocycles. The number of hydrogen-bond acceptors (Lipinski definition) is 1. The van der Waals surface area contributed by atoms with Crippen LogP contribution in [0, 0.1) is 23.7 Å². The highest BCUT2D eigenvalue weighted by Gasteiger charge is 2.35. The molecule has 2 nitrogen and oxygen atoms in total. The number of rotatable bonds is 2. The molecule has 2 aliphatic rings. The minimum Gasteiger partial charge on any atom is -0.478 e. The SMILES string of the molecule is CC(C)[C@H]1CC[C@H](C)C2=CC=C(C(=O)O)[C@@H]2C1. The van der Waals surface area contributed by atoms with Crippen LogP contribution in [0.15, 0.2) is 23.3 Å².